The minimum atomic E-state index is -0.149. The predicted octanol–water partition coefficient (Wildman–Crippen LogP) is 1.37. The molecule has 2 heterocycles. The molecule has 0 bridgehead atoms. The number of aryl methyl sites for hydroxylation is 2. The largest absolute Gasteiger partial charge is 0.384 e. The molecule has 0 atom stereocenters. The van der Waals surface area contributed by atoms with E-state index in [0.29, 0.717) is 12.1 Å². The summed E-state index contributed by atoms with van der Waals surface area (Å²) in [6.45, 7) is 4.01. The normalized spacial score (nSPS) is 10.1. The van der Waals surface area contributed by atoms with Gasteiger partial charge in [-0.15, -0.1) is 11.3 Å². The average molecular weight is 303 g/mol. The van der Waals surface area contributed by atoms with Gasteiger partial charge in [0.25, 0.3) is 5.91 Å². The first-order valence-electron chi connectivity index (χ1n) is 6.49. The molecule has 0 unspecified atom stereocenters. The second kappa shape index (κ2) is 6.57. The Labute approximate surface area is 127 Å². The van der Waals surface area contributed by atoms with E-state index in [1.807, 2.05) is 33.0 Å². The molecule has 0 saturated carbocycles. The SMILES string of the molecule is Cc1nn(C)c(C)c1C(=O)NCc1ccc(C#CCO)s1. The molecule has 2 N–H and O–H groups in total. The van der Waals surface area contributed by atoms with Crippen molar-refractivity contribution in [1.82, 2.24) is 15.1 Å². The van der Waals surface area contributed by atoms with Gasteiger partial charge in [0.05, 0.1) is 22.7 Å². The van der Waals surface area contributed by atoms with E-state index in [4.69, 9.17) is 5.11 Å². The molecule has 0 fully saturated rings. The van der Waals surface area contributed by atoms with E-state index in [2.05, 4.69) is 22.3 Å². The number of nitrogens with one attached hydrogen (secondary N) is 1. The van der Waals surface area contributed by atoms with Crippen molar-refractivity contribution in [3.63, 3.8) is 0 Å². The van der Waals surface area contributed by atoms with E-state index in [1.54, 1.807) is 4.68 Å². The summed E-state index contributed by atoms with van der Waals surface area (Å²) in [4.78, 5) is 14.1. The van der Waals surface area contributed by atoms with Gasteiger partial charge in [-0.25, -0.2) is 0 Å². The highest BCUT2D eigenvalue weighted by atomic mass is 32.1. The molecule has 1 amide bonds. The molecular formula is C15H17N3O2S. The summed E-state index contributed by atoms with van der Waals surface area (Å²) in [5.41, 5.74) is 2.22. The fourth-order valence-electron chi connectivity index (χ4n) is 2.02. The lowest BCUT2D eigenvalue weighted by Gasteiger charge is -2.04. The number of aliphatic hydroxyl groups is 1. The van der Waals surface area contributed by atoms with Crippen LogP contribution in [0.4, 0.5) is 0 Å². The first kappa shape index (κ1) is 15.3. The number of amides is 1. The van der Waals surface area contributed by atoms with Crippen molar-refractivity contribution in [2.24, 2.45) is 7.05 Å². The summed E-state index contributed by atoms with van der Waals surface area (Å²) in [6, 6.07) is 3.81. The number of rotatable bonds is 3. The van der Waals surface area contributed by atoms with E-state index in [0.717, 1.165) is 21.1 Å². The van der Waals surface area contributed by atoms with Gasteiger partial charge < -0.3 is 10.4 Å². The molecule has 0 aliphatic rings. The Kier molecular flexibility index (Phi) is 4.78. The molecule has 2 rings (SSSR count). The topological polar surface area (TPSA) is 67.2 Å². The Hall–Kier alpha value is -2.10. The third-order valence-corrected chi connectivity index (χ3v) is 4.11. The molecule has 0 radical (unpaired) electrons. The van der Waals surface area contributed by atoms with Gasteiger partial charge >= 0.3 is 0 Å². The number of aliphatic hydroxyl groups excluding tert-OH is 1. The van der Waals surface area contributed by atoms with Crippen LogP contribution in [-0.4, -0.2) is 27.4 Å². The number of nitrogens with zero attached hydrogens (tertiary/aromatic N) is 2. The Morgan fingerprint density at radius 3 is 2.86 bits per heavy atom. The van der Waals surface area contributed by atoms with Gasteiger partial charge in [-0.05, 0) is 26.0 Å². The minimum Gasteiger partial charge on any atom is -0.384 e. The lowest BCUT2D eigenvalue weighted by atomic mass is 10.2. The van der Waals surface area contributed by atoms with Crippen molar-refractivity contribution in [2.75, 3.05) is 6.61 Å². The molecular weight excluding hydrogens is 286 g/mol. The Balaban J connectivity index is 2.02. The molecule has 2 aromatic rings. The summed E-state index contributed by atoms with van der Waals surface area (Å²) in [5, 5.41) is 15.8. The van der Waals surface area contributed by atoms with Crippen molar-refractivity contribution in [3.8, 4) is 11.8 Å². The third kappa shape index (κ3) is 3.51. The van der Waals surface area contributed by atoms with Crippen LogP contribution in [-0.2, 0) is 13.6 Å². The zero-order valence-electron chi connectivity index (χ0n) is 12.2. The van der Waals surface area contributed by atoms with Crippen LogP contribution in [0.1, 0.15) is 31.5 Å². The minimum absolute atomic E-state index is 0.116. The molecule has 6 heteroatoms. The zero-order valence-corrected chi connectivity index (χ0v) is 13.0. The van der Waals surface area contributed by atoms with Gasteiger partial charge in [-0.2, -0.15) is 5.10 Å². The number of thiophene rings is 1. The second-order valence-electron chi connectivity index (χ2n) is 4.58. The number of aromatic nitrogens is 2. The van der Waals surface area contributed by atoms with Crippen LogP contribution < -0.4 is 5.32 Å². The maximum absolute atomic E-state index is 12.2. The van der Waals surface area contributed by atoms with E-state index in [-0.39, 0.29) is 12.5 Å². The average Bonchev–Trinajstić information content (AvgIpc) is 2.99. The summed E-state index contributed by atoms with van der Waals surface area (Å²) in [5.74, 6) is 5.34. The van der Waals surface area contributed by atoms with Crippen LogP contribution >= 0.6 is 11.3 Å². The van der Waals surface area contributed by atoms with Crippen molar-refractivity contribution in [1.29, 1.82) is 0 Å². The highest BCUT2D eigenvalue weighted by Gasteiger charge is 2.16. The Morgan fingerprint density at radius 2 is 2.24 bits per heavy atom. The maximum atomic E-state index is 12.2. The van der Waals surface area contributed by atoms with Crippen LogP contribution in [0.3, 0.4) is 0 Å². The number of carbonyl (C=O) groups excluding carboxylic acids is 1. The first-order chi connectivity index (χ1) is 10.0. The third-order valence-electron chi connectivity index (χ3n) is 3.11. The van der Waals surface area contributed by atoms with Gasteiger partial charge in [-0.3, -0.25) is 9.48 Å². The van der Waals surface area contributed by atoms with Crippen LogP contribution in [0.2, 0.25) is 0 Å². The fourth-order valence-corrected chi connectivity index (χ4v) is 2.85. The molecule has 110 valence electrons. The van der Waals surface area contributed by atoms with Crippen LogP contribution in [0.5, 0.6) is 0 Å². The van der Waals surface area contributed by atoms with E-state index >= 15 is 0 Å². The molecule has 5 nitrogen and oxygen atoms in total. The number of hydrogen-bond acceptors (Lipinski definition) is 4. The summed E-state index contributed by atoms with van der Waals surface area (Å²) >= 11 is 1.50. The van der Waals surface area contributed by atoms with Crippen LogP contribution in [0.25, 0.3) is 0 Å². The molecule has 0 saturated heterocycles. The van der Waals surface area contributed by atoms with Gasteiger partial charge in [-0.1, -0.05) is 11.8 Å². The zero-order chi connectivity index (χ0) is 15.4. The molecule has 0 aliphatic carbocycles. The smallest absolute Gasteiger partial charge is 0.255 e. The summed E-state index contributed by atoms with van der Waals surface area (Å²) in [6.07, 6.45) is 0. The molecule has 21 heavy (non-hydrogen) atoms. The van der Waals surface area contributed by atoms with Crippen LogP contribution in [0, 0.1) is 25.7 Å². The number of carbonyl (C=O) groups is 1. The summed E-state index contributed by atoms with van der Waals surface area (Å²) in [7, 11) is 1.82. The molecule has 0 spiro atoms. The van der Waals surface area contributed by atoms with Gasteiger partial charge in [0.1, 0.15) is 6.61 Å². The van der Waals surface area contributed by atoms with Gasteiger partial charge in [0.2, 0.25) is 0 Å². The van der Waals surface area contributed by atoms with E-state index in [1.165, 1.54) is 11.3 Å². The predicted molar refractivity (Wildman–Crippen MR) is 82.1 cm³/mol. The van der Waals surface area contributed by atoms with E-state index in [9.17, 15) is 4.79 Å². The highest BCUT2D eigenvalue weighted by molar-refractivity contribution is 7.12. The van der Waals surface area contributed by atoms with E-state index < -0.39 is 0 Å². The molecule has 0 aromatic carbocycles. The first-order valence-corrected chi connectivity index (χ1v) is 7.31. The van der Waals surface area contributed by atoms with Crippen molar-refractivity contribution in [2.45, 2.75) is 20.4 Å². The van der Waals surface area contributed by atoms with Crippen molar-refractivity contribution in [3.05, 3.63) is 38.8 Å². The fraction of sp³-hybridized carbons (Fsp3) is 0.333. The Morgan fingerprint density at radius 1 is 1.48 bits per heavy atom. The monoisotopic (exact) mass is 303 g/mol. The molecule has 0 aliphatic heterocycles. The standard InChI is InChI=1S/C15H17N3O2S/c1-10-14(11(2)18(3)17-10)15(20)16-9-13-7-6-12(21-13)5-4-8-19/h6-7,19H,8-9H2,1-3H3,(H,16,20). The van der Waals surface area contributed by atoms with Gasteiger partial charge in [0, 0.05) is 17.6 Å². The highest BCUT2D eigenvalue weighted by Crippen LogP contribution is 2.16. The van der Waals surface area contributed by atoms with Crippen molar-refractivity contribution >= 4 is 17.2 Å². The van der Waals surface area contributed by atoms with Crippen molar-refractivity contribution < 1.29 is 9.90 Å². The Bertz CT molecular complexity index is 719. The lowest BCUT2D eigenvalue weighted by Crippen LogP contribution is -2.23. The quantitative estimate of drug-likeness (QED) is 0.842. The molecule has 2 aromatic heterocycles. The summed E-state index contributed by atoms with van der Waals surface area (Å²) < 4.78 is 1.71. The lowest BCUT2D eigenvalue weighted by molar-refractivity contribution is 0.0950. The van der Waals surface area contributed by atoms with Crippen LogP contribution in [0.15, 0.2) is 12.1 Å². The van der Waals surface area contributed by atoms with Gasteiger partial charge in [0.15, 0.2) is 0 Å². The maximum Gasteiger partial charge on any atom is 0.255 e. The second-order valence-corrected chi connectivity index (χ2v) is 5.75. The number of hydrogen-bond donors (Lipinski definition) is 2.